The second-order valence-electron chi connectivity index (χ2n) is 2.45. The molecule has 0 aliphatic carbocycles. The molecule has 0 saturated heterocycles. The average molecular weight is 234 g/mol. The van der Waals surface area contributed by atoms with E-state index in [0.29, 0.717) is 5.02 Å². The van der Waals surface area contributed by atoms with Crippen LogP contribution in [-0.2, 0) is 10.0 Å². The van der Waals surface area contributed by atoms with E-state index in [1.807, 2.05) is 0 Å². The van der Waals surface area contributed by atoms with Gasteiger partial charge in [0.15, 0.2) is 0 Å². The van der Waals surface area contributed by atoms with E-state index in [1.165, 1.54) is 18.2 Å². The maximum absolute atomic E-state index is 11.4. The van der Waals surface area contributed by atoms with Gasteiger partial charge in [0, 0.05) is 5.02 Å². The summed E-state index contributed by atoms with van der Waals surface area (Å²) in [6.45, 7) is 0. The first-order valence-corrected chi connectivity index (χ1v) is 5.35. The number of hydrogen-bond acceptors (Lipinski definition) is 2. The number of halogens is 1. The summed E-state index contributed by atoms with van der Waals surface area (Å²) in [5.74, 6) is -0.509. The second kappa shape index (κ2) is 3.85. The minimum Gasteiger partial charge on any atom is -0.369 e. The van der Waals surface area contributed by atoms with Crippen molar-refractivity contribution >= 4 is 27.6 Å². The molecule has 0 spiro atoms. The molecule has 0 saturated carbocycles. The first kappa shape index (κ1) is 10.8. The van der Waals surface area contributed by atoms with E-state index < -0.39 is 16.0 Å². The molecule has 1 rings (SSSR count). The molecular weight excluding hydrogens is 226 g/mol. The largest absolute Gasteiger partial charge is 0.369 e. The Labute approximate surface area is 86.4 Å². The summed E-state index contributed by atoms with van der Waals surface area (Å²) in [4.78, 5) is -0.0431. The number of sulfonamides is 1. The summed E-state index contributed by atoms with van der Waals surface area (Å²) in [7, 11) is -3.83. The van der Waals surface area contributed by atoms with Gasteiger partial charge >= 0.3 is 0 Å². The maximum Gasteiger partial charge on any atom is 0.285 e. The molecular formula is C7H8ClN3O2S. The molecule has 7 heteroatoms. The Hall–Kier alpha value is -1.27. The normalized spacial score (nSPS) is 10.9. The Balaban J connectivity index is 3.24. The summed E-state index contributed by atoms with van der Waals surface area (Å²) in [5, 5.41) is 0.303. The lowest BCUT2D eigenvalue weighted by Crippen LogP contribution is -2.24. The molecule has 0 bridgehead atoms. The molecule has 0 aliphatic heterocycles. The molecule has 0 fully saturated rings. The van der Waals surface area contributed by atoms with Crippen molar-refractivity contribution in [1.29, 1.82) is 0 Å². The molecule has 1 aromatic rings. The fourth-order valence-electron chi connectivity index (χ4n) is 0.819. The Morgan fingerprint density at radius 1 is 1.36 bits per heavy atom. The second-order valence-corrected chi connectivity index (χ2v) is 4.49. The molecule has 0 heterocycles. The van der Waals surface area contributed by atoms with Gasteiger partial charge in [-0.25, -0.2) is 0 Å². The Morgan fingerprint density at radius 2 is 2.00 bits per heavy atom. The van der Waals surface area contributed by atoms with Gasteiger partial charge in [-0.3, -0.25) is 0 Å². The minimum absolute atomic E-state index is 0.0431. The summed E-state index contributed by atoms with van der Waals surface area (Å²) in [6.07, 6.45) is 0. The summed E-state index contributed by atoms with van der Waals surface area (Å²) in [6, 6.07) is 5.67. The van der Waals surface area contributed by atoms with Gasteiger partial charge in [-0.15, -0.1) is 4.40 Å². The van der Waals surface area contributed by atoms with E-state index in [2.05, 4.69) is 4.40 Å². The van der Waals surface area contributed by atoms with Gasteiger partial charge in [0.05, 0.1) is 4.90 Å². The zero-order valence-corrected chi connectivity index (χ0v) is 8.59. The molecule has 5 nitrogen and oxygen atoms in total. The van der Waals surface area contributed by atoms with Crippen molar-refractivity contribution in [3.05, 3.63) is 29.3 Å². The van der Waals surface area contributed by atoms with Crippen molar-refractivity contribution in [2.75, 3.05) is 0 Å². The van der Waals surface area contributed by atoms with Crippen LogP contribution in [0.25, 0.3) is 0 Å². The third-order valence-electron chi connectivity index (χ3n) is 1.32. The molecule has 0 amide bonds. The highest BCUT2D eigenvalue weighted by Crippen LogP contribution is 2.16. The lowest BCUT2D eigenvalue weighted by Gasteiger charge is -1.98. The van der Waals surface area contributed by atoms with Crippen LogP contribution in [0, 0.1) is 0 Å². The van der Waals surface area contributed by atoms with Crippen LogP contribution in [0.4, 0.5) is 0 Å². The van der Waals surface area contributed by atoms with Gasteiger partial charge in [0.25, 0.3) is 10.0 Å². The average Bonchev–Trinajstić information content (AvgIpc) is 2.01. The summed E-state index contributed by atoms with van der Waals surface area (Å²) < 4.78 is 25.9. The molecule has 1 aromatic carbocycles. The van der Waals surface area contributed by atoms with Gasteiger partial charge in [-0.05, 0) is 18.2 Å². The molecule has 0 unspecified atom stereocenters. The standard InChI is InChI=1S/C7H8ClN3O2S/c8-5-2-1-3-6(4-5)14(12,13)11-7(9)10/h1-4H,(H4,9,10,11). The monoisotopic (exact) mass is 233 g/mol. The number of benzene rings is 1. The molecule has 0 aliphatic rings. The van der Waals surface area contributed by atoms with Crippen LogP contribution in [-0.4, -0.2) is 14.4 Å². The van der Waals surface area contributed by atoms with E-state index in [0.717, 1.165) is 0 Å². The highest BCUT2D eigenvalue weighted by molar-refractivity contribution is 7.90. The highest BCUT2D eigenvalue weighted by atomic mass is 35.5. The van der Waals surface area contributed by atoms with Crippen molar-refractivity contribution in [2.45, 2.75) is 4.90 Å². The predicted molar refractivity (Wildman–Crippen MR) is 54.4 cm³/mol. The molecule has 4 N–H and O–H groups in total. The predicted octanol–water partition coefficient (Wildman–Crippen LogP) is 0.302. The third-order valence-corrected chi connectivity index (χ3v) is 2.86. The van der Waals surface area contributed by atoms with E-state index in [9.17, 15) is 8.42 Å². The lowest BCUT2D eigenvalue weighted by molar-refractivity contribution is 0.598. The summed E-state index contributed by atoms with van der Waals surface area (Å²) in [5.41, 5.74) is 9.94. The summed E-state index contributed by atoms with van der Waals surface area (Å²) >= 11 is 5.61. The number of rotatable bonds is 2. The maximum atomic E-state index is 11.4. The van der Waals surface area contributed by atoms with Crippen LogP contribution in [0.2, 0.25) is 5.02 Å². The Kier molecular flexibility index (Phi) is 2.97. The first-order chi connectivity index (χ1) is 6.42. The minimum atomic E-state index is -3.83. The number of nitrogens with two attached hydrogens (primary N) is 2. The van der Waals surface area contributed by atoms with Crippen LogP contribution in [0.15, 0.2) is 33.6 Å². The van der Waals surface area contributed by atoms with E-state index in [1.54, 1.807) is 6.07 Å². The number of nitrogens with zero attached hydrogens (tertiary/aromatic N) is 1. The Bertz CT molecular complexity index is 466. The molecule has 14 heavy (non-hydrogen) atoms. The van der Waals surface area contributed by atoms with Gasteiger partial charge in [-0.1, -0.05) is 17.7 Å². The SMILES string of the molecule is NC(N)=NS(=O)(=O)c1cccc(Cl)c1. The number of guanidine groups is 1. The van der Waals surface area contributed by atoms with E-state index in [-0.39, 0.29) is 4.90 Å². The quantitative estimate of drug-likeness (QED) is 0.567. The highest BCUT2D eigenvalue weighted by Gasteiger charge is 2.12. The molecule has 0 aromatic heterocycles. The fourth-order valence-corrected chi connectivity index (χ4v) is 1.98. The lowest BCUT2D eigenvalue weighted by atomic mass is 10.4. The van der Waals surface area contributed by atoms with Crippen molar-refractivity contribution in [2.24, 2.45) is 15.9 Å². The van der Waals surface area contributed by atoms with E-state index >= 15 is 0 Å². The van der Waals surface area contributed by atoms with Crippen LogP contribution in [0.1, 0.15) is 0 Å². The van der Waals surface area contributed by atoms with Crippen molar-refractivity contribution in [3.8, 4) is 0 Å². The zero-order valence-electron chi connectivity index (χ0n) is 7.01. The van der Waals surface area contributed by atoms with Crippen molar-refractivity contribution in [3.63, 3.8) is 0 Å². The van der Waals surface area contributed by atoms with E-state index in [4.69, 9.17) is 23.1 Å². The molecule has 0 radical (unpaired) electrons. The molecule has 76 valence electrons. The first-order valence-electron chi connectivity index (χ1n) is 3.53. The smallest absolute Gasteiger partial charge is 0.285 e. The topological polar surface area (TPSA) is 98.5 Å². The van der Waals surface area contributed by atoms with Crippen LogP contribution in [0.5, 0.6) is 0 Å². The third kappa shape index (κ3) is 2.61. The van der Waals surface area contributed by atoms with Gasteiger partial charge in [-0.2, -0.15) is 8.42 Å². The van der Waals surface area contributed by atoms with Gasteiger partial charge in [0.2, 0.25) is 5.96 Å². The number of hydrogen-bond donors (Lipinski definition) is 2. The Morgan fingerprint density at radius 3 is 2.50 bits per heavy atom. The van der Waals surface area contributed by atoms with Crippen molar-refractivity contribution in [1.82, 2.24) is 0 Å². The van der Waals surface area contributed by atoms with Gasteiger partial charge in [0.1, 0.15) is 0 Å². The molecule has 0 atom stereocenters. The van der Waals surface area contributed by atoms with Crippen molar-refractivity contribution < 1.29 is 8.42 Å². The fraction of sp³-hybridized carbons (Fsp3) is 0. The van der Waals surface area contributed by atoms with Crippen LogP contribution >= 0.6 is 11.6 Å². The zero-order chi connectivity index (χ0) is 10.8. The van der Waals surface area contributed by atoms with Gasteiger partial charge < -0.3 is 11.5 Å². The van der Waals surface area contributed by atoms with Crippen LogP contribution in [0.3, 0.4) is 0 Å². The van der Waals surface area contributed by atoms with Crippen LogP contribution < -0.4 is 11.5 Å².